The molecule has 2 aromatic heterocycles. The van der Waals surface area contributed by atoms with Crippen LogP contribution in [0.2, 0.25) is 0 Å². The Labute approximate surface area is 127 Å². The maximum absolute atomic E-state index is 11.4. The van der Waals surface area contributed by atoms with Crippen molar-refractivity contribution in [1.82, 2.24) is 9.97 Å². The lowest BCUT2D eigenvalue weighted by Crippen LogP contribution is -2.11. The molecular weight excluding hydrogens is 306 g/mol. The van der Waals surface area contributed by atoms with Gasteiger partial charge in [0.15, 0.2) is 0 Å². The van der Waals surface area contributed by atoms with E-state index in [2.05, 4.69) is 20.5 Å². The minimum Gasteiger partial charge on any atom is -0.290 e. The lowest BCUT2D eigenvalue weighted by molar-refractivity contribution is -0.384. The summed E-state index contributed by atoms with van der Waals surface area (Å²) in [7, 11) is 0. The number of benzene rings is 1. The molecule has 1 aromatic carbocycles. The minimum absolute atomic E-state index is 0.0172. The van der Waals surface area contributed by atoms with Gasteiger partial charge in [-0.2, -0.15) is 10.1 Å². The molecule has 0 bridgehead atoms. The average Bonchev–Trinajstić information content (AvgIpc) is 2.96. The van der Waals surface area contributed by atoms with Gasteiger partial charge < -0.3 is 0 Å². The van der Waals surface area contributed by atoms with E-state index >= 15 is 0 Å². The Balaban J connectivity index is 1.80. The summed E-state index contributed by atoms with van der Waals surface area (Å²) in [6.07, 6.45) is 1.50. The summed E-state index contributed by atoms with van der Waals surface area (Å²) in [5.74, 6) is 0.453. The number of hydrogen-bond acceptors (Lipinski definition) is 7. The van der Waals surface area contributed by atoms with Crippen molar-refractivity contribution < 1.29 is 4.92 Å². The summed E-state index contributed by atoms with van der Waals surface area (Å²) in [5.41, 5.74) is 3.00. The van der Waals surface area contributed by atoms with Gasteiger partial charge >= 0.3 is 5.69 Å². The monoisotopic (exact) mass is 315 g/mol. The van der Waals surface area contributed by atoms with E-state index in [1.165, 1.54) is 29.7 Å². The van der Waals surface area contributed by atoms with Crippen LogP contribution in [0.5, 0.6) is 0 Å². The second-order valence-corrected chi connectivity index (χ2v) is 5.17. The first-order valence-electron chi connectivity index (χ1n) is 6.14. The van der Waals surface area contributed by atoms with E-state index in [9.17, 15) is 14.9 Å². The Morgan fingerprint density at radius 1 is 1.32 bits per heavy atom. The highest BCUT2D eigenvalue weighted by atomic mass is 32.1. The molecule has 110 valence electrons. The van der Waals surface area contributed by atoms with E-state index in [0.717, 1.165) is 5.39 Å². The summed E-state index contributed by atoms with van der Waals surface area (Å²) >= 11 is 1.36. The topological polar surface area (TPSA) is 113 Å². The molecule has 0 saturated heterocycles. The molecule has 0 aliphatic carbocycles. The smallest absolute Gasteiger partial charge is 0.290 e. The predicted octanol–water partition coefficient (Wildman–Crippen LogP) is 2.34. The van der Waals surface area contributed by atoms with E-state index in [1.807, 2.05) is 11.4 Å². The fourth-order valence-electron chi connectivity index (χ4n) is 1.81. The molecule has 2 N–H and O–H groups in total. The van der Waals surface area contributed by atoms with Gasteiger partial charge in [0.2, 0.25) is 0 Å². The number of fused-ring (bicyclic) bond motifs is 1. The second kappa shape index (κ2) is 5.74. The summed E-state index contributed by atoms with van der Waals surface area (Å²) < 4.78 is 0. The number of non-ortho nitro benzene ring substituents is 1. The van der Waals surface area contributed by atoms with Crippen molar-refractivity contribution in [2.24, 2.45) is 5.10 Å². The SMILES string of the molecule is O=c1nc2sccc2c(N/N=C/c2ccc([N+](=O)[O-])cc2)[nH]1. The number of nitrogens with zero attached hydrogens (tertiary/aromatic N) is 3. The van der Waals surface area contributed by atoms with Crippen molar-refractivity contribution in [1.29, 1.82) is 0 Å². The zero-order valence-electron chi connectivity index (χ0n) is 11.0. The summed E-state index contributed by atoms with van der Waals surface area (Å²) in [6.45, 7) is 0. The molecule has 0 unspecified atom stereocenters. The maximum atomic E-state index is 11.4. The quantitative estimate of drug-likeness (QED) is 0.436. The molecule has 0 atom stereocenters. The van der Waals surface area contributed by atoms with Gasteiger partial charge in [0.25, 0.3) is 5.69 Å². The number of hydrogen-bond donors (Lipinski definition) is 2. The molecule has 0 amide bonds. The highest BCUT2D eigenvalue weighted by Gasteiger charge is 2.05. The van der Waals surface area contributed by atoms with E-state index in [4.69, 9.17) is 0 Å². The van der Waals surface area contributed by atoms with Crippen LogP contribution in [-0.2, 0) is 0 Å². The first-order chi connectivity index (χ1) is 10.6. The van der Waals surface area contributed by atoms with Crippen molar-refractivity contribution >= 4 is 39.3 Å². The van der Waals surface area contributed by atoms with Gasteiger partial charge in [0.1, 0.15) is 10.6 Å². The number of rotatable bonds is 4. The summed E-state index contributed by atoms with van der Waals surface area (Å²) in [5, 5.41) is 17.2. The zero-order valence-corrected chi connectivity index (χ0v) is 11.8. The van der Waals surface area contributed by atoms with Gasteiger partial charge in [-0.05, 0) is 29.1 Å². The van der Waals surface area contributed by atoms with Crippen LogP contribution in [0.15, 0.2) is 45.6 Å². The molecule has 0 aliphatic rings. The molecular formula is C13H9N5O3S. The average molecular weight is 315 g/mol. The third-order valence-corrected chi connectivity index (χ3v) is 3.65. The van der Waals surface area contributed by atoms with E-state index in [1.54, 1.807) is 12.1 Å². The van der Waals surface area contributed by atoms with Crippen LogP contribution >= 0.6 is 11.3 Å². The molecule has 22 heavy (non-hydrogen) atoms. The van der Waals surface area contributed by atoms with E-state index in [0.29, 0.717) is 16.2 Å². The van der Waals surface area contributed by atoms with Crippen molar-refractivity contribution in [3.63, 3.8) is 0 Å². The lowest BCUT2D eigenvalue weighted by Gasteiger charge is -2.01. The normalized spacial score (nSPS) is 11.1. The van der Waals surface area contributed by atoms with E-state index < -0.39 is 10.6 Å². The van der Waals surface area contributed by atoms with Crippen LogP contribution < -0.4 is 11.1 Å². The van der Waals surface area contributed by atoms with Gasteiger partial charge in [-0.15, -0.1) is 11.3 Å². The fourth-order valence-corrected chi connectivity index (χ4v) is 2.58. The summed E-state index contributed by atoms with van der Waals surface area (Å²) in [6, 6.07) is 7.78. The Morgan fingerprint density at radius 3 is 2.82 bits per heavy atom. The predicted molar refractivity (Wildman–Crippen MR) is 84.6 cm³/mol. The number of aromatic amines is 1. The molecule has 0 radical (unpaired) electrons. The number of nitro benzene ring substituents is 1. The highest BCUT2D eigenvalue weighted by Crippen LogP contribution is 2.22. The Hall–Kier alpha value is -3.07. The number of nitrogens with one attached hydrogen (secondary N) is 2. The van der Waals surface area contributed by atoms with Crippen LogP contribution in [0, 0.1) is 10.1 Å². The molecule has 9 heteroatoms. The van der Waals surface area contributed by atoms with Crippen LogP contribution in [0.25, 0.3) is 10.2 Å². The molecule has 8 nitrogen and oxygen atoms in total. The molecule has 2 heterocycles. The van der Waals surface area contributed by atoms with Crippen LogP contribution in [-0.4, -0.2) is 21.1 Å². The fraction of sp³-hybridized carbons (Fsp3) is 0. The second-order valence-electron chi connectivity index (χ2n) is 4.28. The Bertz CT molecular complexity index is 913. The number of H-pyrrole nitrogens is 1. The number of nitro groups is 1. The Kier molecular flexibility index (Phi) is 3.62. The molecule has 0 aliphatic heterocycles. The maximum Gasteiger partial charge on any atom is 0.347 e. The van der Waals surface area contributed by atoms with Crippen molar-refractivity contribution in [3.05, 3.63) is 61.9 Å². The van der Waals surface area contributed by atoms with Crippen molar-refractivity contribution in [3.8, 4) is 0 Å². The van der Waals surface area contributed by atoms with Crippen molar-refractivity contribution in [2.75, 3.05) is 5.43 Å². The molecule has 0 fully saturated rings. The third-order valence-electron chi connectivity index (χ3n) is 2.84. The van der Waals surface area contributed by atoms with E-state index in [-0.39, 0.29) is 5.69 Å². The number of hydrazone groups is 1. The molecule has 3 rings (SSSR count). The lowest BCUT2D eigenvalue weighted by atomic mass is 10.2. The van der Waals surface area contributed by atoms with Gasteiger partial charge in [0, 0.05) is 12.1 Å². The molecule has 0 saturated carbocycles. The van der Waals surface area contributed by atoms with Gasteiger partial charge in [0.05, 0.1) is 16.5 Å². The highest BCUT2D eigenvalue weighted by molar-refractivity contribution is 7.16. The van der Waals surface area contributed by atoms with Gasteiger partial charge in [-0.1, -0.05) is 0 Å². The van der Waals surface area contributed by atoms with Gasteiger partial charge in [-0.25, -0.2) is 4.79 Å². The first kappa shape index (κ1) is 13.9. The number of thiophene rings is 1. The largest absolute Gasteiger partial charge is 0.347 e. The van der Waals surface area contributed by atoms with Crippen LogP contribution in [0.4, 0.5) is 11.5 Å². The minimum atomic E-state index is -0.464. The molecule has 0 spiro atoms. The zero-order chi connectivity index (χ0) is 15.5. The van der Waals surface area contributed by atoms with Crippen molar-refractivity contribution in [2.45, 2.75) is 0 Å². The van der Waals surface area contributed by atoms with Gasteiger partial charge in [-0.3, -0.25) is 20.5 Å². The molecule has 3 aromatic rings. The third kappa shape index (κ3) is 2.83. The van der Waals surface area contributed by atoms with Crippen LogP contribution in [0.3, 0.4) is 0 Å². The number of anilines is 1. The number of aromatic nitrogens is 2. The standard InChI is InChI=1S/C13H9N5O3S/c19-13-15-11(10-5-6-22-12(10)16-13)17-14-7-8-1-3-9(4-2-8)18(20)21/h1-7H,(H2,15,16,17,19)/b14-7+. The summed E-state index contributed by atoms with van der Waals surface area (Å²) in [4.78, 5) is 28.6. The first-order valence-corrected chi connectivity index (χ1v) is 7.02. The van der Waals surface area contributed by atoms with Crippen LogP contribution in [0.1, 0.15) is 5.56 Å². The Morgan fingerprint density at radius 2 is 2.09 bits per heavy atom.